The fourth-order valence-corrected chi connectivity index (χ4v) is 4.36. The number of hydrogen-bond acceptors (Lipinski definition) is 5. The molecule has 4 rings (SSSR count). The number of para-hydroxylation sites is 1. The minimum atomic E-state index is -3.67. The van der Waals surface area contributed by atoms with E-state index in [-0.39, 0.29) is 10.5 Å². The van der Waals surface area contributed by atoms with E-state index in [9.17, 15) is 13.2 Å². The Bertz CT molecular complexity index is 1000. The third-order valence-electron chi connectivity index (χ3n) is 4.40. The normalized spacial score (nSPS) is 19.1. The van der Waals surface area contributed by atoms with Gasteiger partial charge >= 0.3 is 0 Å². The predicted molar refractivity (Wildman–Crippen MR) is 89.7 cm³/mol. The highest BCUT2D eigenvalue weighted by atomic mass is 32.2. The molecule has 2 aliphatic heterocycles. The van der Waals surface area contributed by atoms with E-state index in [4.69, 9.17) is 0 Å². The van der Waals surface area contributed by atoms with Crippen molar-refractivity contribution in [3.8, 4) is 0 Å². The maximum absolute atomic E-state index is 12.3. The molecule has 9 heteroatoms. The van der Waals surface area contributed by atoms with E-state index in [0.29, 0.717) is 37.6 Å². The van der Waals surface area contributed by atoms with Gasteiger partial charge in [0.25, 0.3) is 15.6 Å². The second-order valence-electron chi connectivity index (χ2n) is 6.02. The van der Waals surface area contributed by atoms with Gasteiger partial charge in [0.15, 0.2) is 0 Å². The van der Waals surface area contributed by atoms with E-state index in [1.807, 2.05) is 0 Å². The van der Waals surface area contributed by atoms with Crippen LogP contribution in [-0.4, -0.2) is 42.0 Å². The number of anilines is 1. The van der Waals surface area contributed by atoms with Crippen molar-refractivity contribution in [2.45, 2.75) is 17.9 Å². The molecule has 3 heterocycles. The number of sulfonamides is 1. The summed E-state index contributed by atoms with van der Waals surface area (Å²) in [5, 5.41) is 5.86. The molecule has 0 bridgehead atoms. The molecule has 0 fully saturated rings. The van der Waals surface area contributed by atoms with Gasteiger partial charge in [-0.05, 0) is 18.6 Å². The Kier molecular flexibility index (Phi) is 3.36. The van der Waals surface area contributed by atoms with Crippen molar-refractivity contribution < 1.29 is 8.42 Å². The maximum atomic E-state index is 12.3. The number of aromatic amines is 1. The van der Waals surface area contributed by atoms with E-state index in [1.54, 1.807) is 36.0 Å². The van der Waals surface area contributed by atoms with E-state index in [1.165, 1.54) is 0 Å². The van der Waals surface area contributed by atoms with Crippen molar-refractivity contribution in [1.82, 2.24) is 14.7 Å². The topological polar surface area (TPSA) is 99.6 Å². The number of fused-ring (bicyclic) bond motifs is 2. The number of aromatic nitrogens is 2. The summed E-state index contributed by atoms with van der Waals surface area (Å²) in [5.74, 6) is 0.401. The number of hydrogen-bond donors (Lipinski definition) is 2. The molecule has 0 amide bonds. The largest absolute Gasteiger partial charge is 0.341 e. The zero-order valence-electron chi connectivity index (χ0n) is 13.1. The van der Waals surface area contributed by atoms with Crippen LogP contribution in [0.25, 0.3) is 0 Å². The Hall–Kier alpha value is -2.39. The lowest BCUT2D eigenvalue weighted by Crippen LogP contribution is -2.39. The van der Waals surface area contributed by atoms with Crippen molar-refractivity contribution >= 4 is 21.5 Å². The van der Waals surface area contributed by atoms with Crippen LogP contribution in [0.3, 0.4) is 0 Å². The number of aryl methyl sites for hydroxylation is 1. The van der Waals surface area contributed by atoms with Crippen LogP contribution in [0.1, 0.15) is 11.3 Å². The number of amidine groups is 1. The summed E-state index contributed by atoms with van der Waals surface area (Å²) >= 11 is 0. The van der Waals surface area contributed by atoms with Gasteiger partial charge in [-0.25, -0.2) is 0 Å². The third kappa shape index (κ3) is 2.45. The fourth-order valence-electron chi connectivity index (χ4n) is 3.22. The van der Waals surface area contributed by atoms with Gasteiger partial charge in [0.2, 0.25) is 0 Å². The molecule has 0 spiro atoms. The van der Waals surface area contributed by atoms with E-state index in [0.717, 1.165) is 11.3 Å². The van der Waals surface area contributed by atoms with Gasteiger partial charge in [0, 0.05) is 25.7 Å². The Morgan fingerprint density at radius 2 is 2.08 bits per heavy atom. The number of H-pyrrole nitrogens is 1. The van der Waals surface area contributed by atoms with Gasteiger partial charge in [-0.2, -0.15) is 8.42 Å². The van der Waals surface area contributed by atoms with Crippen LogP contribution in [0.4, 0.5) is 5.69 Å². The molecule has 2 aliphatic rings. The molecule has 24 heavy (non-hydrogen) atoms. The van der Waals surface area contributed by atoms with Crippen LogP contribution < -0.4 is 10.9 Å². The zero-order chi connectivity index (χ0) is 16.9. The average molecular weight is 347 g/mol. The van der Waals surface area contributed by atoms with Gasteiger partial charge < -0.3 is 5.32 Å². The Morgan fingerprint density at radius 1 is 1.29 bits per heavy atom. The van der Waals surface area contributed by atoms with Crippen LogP contribution in [-0.2, 0) is 30.0 Å². The van der Waals surface area contributed by atoms with Crippen LogP contribution in [0.2, 0.25) is 0 Å². The second-order valence-corrected chi connectivity index (χ2v) is 7.59. The Labute approximate surface area is 138 Å². The lowest BCUT2D eigenvalue weighted by atomic mass is 10.1. The minimum Gasteiger partial charge on any atom is -0.341 e. The molecule has 0 saturated heterocycles. The van der Waals surface area contributed by atoms with Crippen molar-refractivity contribution in [2.75, 3.05) is 18.4 Å². The first kappa shape index (κ1) is 15.2. The first-order valence-corrected chi connectivity index (χ1v) is 9.07. The van der Waals surface area contributed by atoms with Crippen LogP contribution >= 0.6 is 0 Å². The smallest absolute Gasteiger partial charge is 0.286 e. The summed E-state index contributed by atoms with van der Waals surface area (Å²) in [5.41, 5.74) is 2.25. The van der Waals surface area contributed by atoms with Crippen molar-refractivity contribution in [2.24, 2.45) is 11.4 Å². The highest BCUT2D eigenvalue weighted by Crippen LogP contribution is 2.27. The molecule has 126 valence electrons. The molecular weight excluding hydrogens is 330 g/mol. The summed E-state index contributed by atoms with van der Waals surface area (Å²) < 4.78 is 30.2. The van der Waals surface area contributed by atoms with Gasteiger partial charge in [0.1, 0.15) is 10.7 Å². The minimum absolute atomic E-state index is 0.0446. The number of rotatable bonds is 2. The molecule has 2 N–H and O–H groups in total. The summed E-state index contributed by atoms with van der Waals surface area (Å²) in [6, 6.07) is 6.73. The van der Waals surface area contributed by atoms with Gasteiger partial charge in [-0.15, -0.1) is 4.40 Å². The lowest BCUT2D eigenvalue weighted by molar-refractivity contribution is 0.281. The monoisotopic (exact) mass is 347 g/mol. The van der Waals surface area contributed by atoms with Gasteiger partial charge in [-0.1, -0.05) is 12.1 Å². The molecule has 1 aromatic heterocycles. The van der Waals surface area contributed by atoms with E-state index < -0.39 is 10.0 Å². The first-order chi connectivity index (χ1) is 11.4. The standard InChI is InChI=1S/C15H17N5O3S/c1-19-12-8-20(7-6-10(12)15(21)17-19)9-14-16-11-4-2-3-5-13(11)24(22,23)18-14/h2-5H,6-9H2,1H3,(H,16,18)(H,17,21). The van der Waals surface area contributed by atoms with Gasteiger partial charge in [-0.3, -0.25) is 19.5 Å². The van der Waals surface area contributed by atoms with Crippen molar-refractivity contribution in [3.05, 3.63) is 45.9 Å². The van der Waals surface area contributed by atoms with Crippen LogP contribution in [0.15, 0.2) is 38.4 Å². The highest BCUT2D eigenvalue weighted by molar-refractivity contribution is 7.90. The molecular formula is C15H17N5O3S. The highest BCUT2D eigenvalue weighted by Gasteiger charge is 2.27. The van der Waals surface area contributed by atoms with E-state index >= 15 is 0 Å². The first-order valence-electron chi connectivity index (χ1n) is 7.63. The molecule has 0 atom stereocenters. The SMILES string of the molecule is Cn1[nH]c(=O)c2c1CN(CC1=NS(=O)(=O)c3ccccc3N1)CC2. The number of benzene rings is 1. The second kappa shape index (κ2) is 5.32. The summed E-state index contributed by atoms with van der Waals surface area (Å²) in [7, 11) is -1.86. The Balaban J connectivity index is 1.58. The summed E-state index contributed by atoms with van der Waals surface area (Å²) in [6.45, 7) is 1.64. The molecule has 1 aromatic carbocycles. The number of nitrogens with zero attached hydrogens (tertiary/aromatic N) is 3. The van der Waals surface area contributed by atoms with Crippen molar-refractivity contribution in [3.63, 3.8) is 0 Å². The Morgan fingerprint density at radius 3 is 2.92 bits per heavy atom. The molecule has 2 aromatic rings. The number of nitrogens with one attached hydrogen (secondary N) is 2. The third-order valence-corrected chi connectivity index (χ3v) is 5.77. The molecule has 0 unspecified atom stereocenters. The average Bonchev–Trinajstić information content (AvgIpc) is 2.81. The van der Waals surface area contributed by atoms with Gasteiger partial charge in [0.05, 0.1) is 17.9 Å². The molecule has 8 nitrogen and oxygen atoms in total. The predicted octanol–water partition coefficient (Wildman–Crippen LogP) is 0.284. The summed E-state index contributed by atoms with van der Waals surface area (Å²) in [4.78, 5) is 14.1. The zero-order valence-corrected chi connectivity index (χ0v) is 13.9. The maximum Gasteiger partial charge on any atom is 0.286 e. The molecule has 0 aliphatic carbocycles. The molecule has 0 radical (unpaired) electrons. The summed E-state index contributed by atoms with van der Waals surface area (Å²) in [6.07, 6.45) is 0.641. The quantitative estimate of drug-likeness (QED) is 0.813. The van der Waals surface area contributed by atoms with Crippen LogP contribution in [0.5, 0.6) is 0 Å². The van der Waals surface area contributed by atoms with Crippen LogP contribution in [0, 0.1) is 0 Å². The molecule has 0 saturated carbocycles. The van der Waals surface area contributed by atoms with E-state index in [2.05, 4.69) is 19.7 Å². The lowest BCUT2D eigenvalue weighted by Gasteiger charge is -2.28. The fraction of sp³-hybridized carbons (Fsp3) is 0.333. The van der Waals surface area contributed by atoms with Crippen molar-refractivity contribution in [1.29, 1.82) is 0 Å².